The van der Waals surface area contributed by atoms with Crippen molar-refractivity contribution >= 4 is 0 Å². The lowest BCUT2D eigenvalue weighted by atomic mass is 10.3. The number of aliphatic hydroxyl groups is 2. The quantitative estimate of drug-likeness (QED) is 0.511. The molecule has 62 valence electrons. The van der Waals surface area contributed by atoms with Crippen molar-refractivity contribution in [1.29, 1.82) is 0 Å². The zero-order chi connectivity index (χ0) is 8.27. The fourth-order valence-electron chi connectivity index (χ4n) is 0.852. The lowest BCUT2D eigenvalue weighted by Gasteiger charge is -2.09. The second-order valence-corrected chi connectivity index (χ2v) is 2.19. The van der Waals surface area contributed by atoms with Gasteiger partial charge in [-0.05, 0) is 0 Å². The van der Waals surface area contributed by atoms with Crippen molar-refractivity contribution in [3.05, 3.63) is 22.9 Å². The number of nitrogens with one attached hydrogen (secondary N) is 1. The van der Waals surface area contributed by atoms with Crippen LogP contribution in [0.3, 0.4) is 0 Å². The van der Waals surface area contributed by atoms with Crippen LogP contribution < -0.4 is 5.69 Å². The molecule has 0 aromatic carbocycles. The van der Waals surface area contributed by atoms with Gasteiger partial charge in [0.25, 0.3) is 0 Å². The Hall–Kier alpha value is -1.07. The number of hydrogen-bond acceptors (Lipinski definition) is 3. The lowest BCUT2D eigenvalue weighted by Crippen LogP contribution is -2.26. The van der Waals surface area contributed by atoms with Crippen LogP contribution in [0.2, 0.25) is 0 Å². The number of aromatic nitrogens is 2. The molecule has 5 nitrogen and oxygen atoms in total. The van der Waals surface area contributed by atoms with E-state index < -0.39 is 6.04 Å². The maximum atomic E-state index is 10.9. The van der Waals surface area contributed by atoms with Crippen molar-refractivity contribution in [2.24, 2.45) is 0 Å². The van der Waals surface area contributed by atoms with Crippen LogP contribution in [0.25, 0.3) is 0 Å². The first-order chi connectivity index (χ1) is 5.29. The van der Waals surface area contributed by atoms with E-state index in [2.05, 4.69) is 4.98 Å². The molecule has 0 saturated heterocycles. The Morgan fingerprint density at radius 3 is 2.55 bits per heavy atom. The molecule has 0 bridgehead atoms. The largest absolute Gasteiger partial charge is 0.394 e. The Morgan fingerprint density at radius 2 is 2.18 bits per heavy atom. The summed E-state index contributed by atoms with van der Waals surface area (Å²) in [5, 5.41) is 17.4. The molecule has 5 heteroatoms. The van der Waals surface area contributed by atoms with Gasteiger partial charge in [-0.2, -0.15) is 0 Å². The minimum absolute atomic E-state index is 0.242. The first-order valence-electron chi connectivity index (χ1n) is 3.27. The van der Waals surface area contributed by atoms with Crippen molar-refractivity contribution in [2.75, 3.05) is 13.2 Å². The Kier molecular flexibility index (Phi) is 2.45. The van der Waals surface area contributed by atoms with E-state index in [-0.39, 0.29) is 18.9 Å². The summed E-state index contributed by atoms with van der Waals surface area (Å²) in [7, 11) is 0. The molecule has 3 N–H and O–H groups in total. The third-order valence-electron chi connectivity index (χ3n) is 1.49. The summed E-state index contributed by atoms with van der Waals surface area (Å²) < 4.78 is 1.25. The second-order valence-electron chi connectivity index (χ2n) is 2.19. The zero-order valence-corrected chi connectivity index (χ0v) is 5.90. The van der Waals surface area contributed by atoms with E-state index in [0.29, 0.717) is 0 Å². The average molecular weight is 158 g/mol. The van der Waals surface area contributed by atoms with Gasteiger partial charge in [-0.1, -0.05) is 0 Å². The van der Waals surface area contributed by atoms with E-state index in [1.54, 1.807) is 0 Å². The number of nitrogens with zero attached hydrogens (tertiary/aromatic N) is 1. The molecular weight excluding hydrogens is 148 g/mol. The third kappa shape index (κ3) is 1.50. The normalized spacial score (nSPS) is 10.8. The minimum Gasteiger partial charge on any atom is -0.394 e. The standard InChI is InChI=1S/C6H10N2O3/c9-3-5(4-10)8-2-1-7-6(8)11/h1-2,5,9-10H,3-4H2,(H,7,11). The molecule has 0 aliphatic heterocycles. The van der Waals surface area contributed by atoms with Gasteiger partial charge in [0.05, 0.1) is 19.3 Å². The van der Waals surface area contributed by atoms with Crippen molar-refractivity contribution in [2.45, 2.75) is 6.04 Å². The molecule has 0 atom stereocenters. The van der Waals surface area contributed by atoms with Crippen LogP contribution in [-0.4, -0.2) is 33.0 Å². The lowest BCUT2D eigenvalue weighted by molar-refractivity contribution is 0.152. The van der Waals surface area contributed by atoms with E-state index in [9.17, 15) is 4.79 Å². The van der Waals surface area contributed by atoms with Crippen molar-refractivity contribution in [3.8, 4) is 0 Å². The fraction of sp³-hybridized carbons (Fsp3) is 0.500. The Bertz CT molecular complexity index is 261. The molecule has 1 aromatic heterocycles. The molecule has 0 amide bonds. The van der Waals surface area contributed by atoms with Crippen molar-refractivity contribution < 1.29 is 10.2 Å². The molecule has 0 aliphatic rings. The molecule has 1 rings (SSSR count). The SMILES string of the molecule is O=c1[nH]ccn1C(CO)CO. The van der Waals surface area contributed by atoms with Gasteiger partial charge in [0.2, 0.25) is 0 Å². The van der Waals surface area contributed by atoms with Gasteiger partial charge in [-0.25, -0.2) is 4.79 Å². The Morgan fingerprint density at radius 1 is 1.55 bits per heavy atom. The smallest absolute Gasteiger partial charge is 0.325 e. The van der Waals surface area contributed by atoms with Crippen LogP contribution >= 0.6 is 0 Å². The van der Waals surface area contributed by atoms with Gasteiger partial charge in [0, 0.05) is 12.4 Å². The zero-order valence-electron chi connectivity index (χ0n) is 5.90. The summed E-state index contributed by atoms with van der Waals surface area (Å²) in [6.07, 6.45) is 2.94. The van der Waals surface area contributed by atoms with Crippen LogP contribution in [0.15, 0.2) is 17.2 Å². The molecule has 0 fully saturated rings. The Balaban J connectivity index is 2.90. The highest BCUT2D eigenvalue weighted by molar-refractivity contribution is 4.80. The van der Waals surface area contributed by atoms with E-state index in [4.69, 9.17) is 10.2 Å². The van der Waals surface area contributed by atoms with Gasteiger partial charge >= 0.3 is 5.69 Å². The van der Waals surface area contributed by atoms with E-state index in [1.165, 1.54) is 17.0 Å². The fourth-order valence-corrected chi connectivity index (χ4v) is 0.852. The number of imidazole rings is 1. The number of hydrogen-bond donors (Lipinski definition) is 3. The highest BCUT2D eigenvalue weighted by atomic mass is 16.3. The maximum absolute atomic E-state index is 10.9. The van der Waals surface area contributed by atoms with E-state index in [0.717, 1.165) is 0 Å². The van der Waals surface area contributed by atoms with Crippen LogP contribution in [0.4, 0.5) is 0 Å². The van der Waals surface area contributed by atoms with Crippen LogP contribution in [0, 0.1) is 0 Å². The Labute approximate surface area is 62.9 Å². The number of H-pyrrole nitrogens is 1. The topological polar surface area (TPSA) is 78.2 Å². The minimum atomic E-state index is -0.534. The second kappa shape index (κ2) is 3.36. The van der Waals surface area contributed by atoms with Crippen LogP contribution in [0.1, 0.15) is 6.04 Å². The van der Waals surface area contributed by atoms with Gasteiger partial charge in [-0.3, -0.25) is 4.57 Å². The van der Waals surface area contributed by atoms with Gasteiger partial charge in [-0.15, -0.1) is 0 Å². The molecule has 0 radical (unpaired) electrons. The molecule has 11 heavy (non-hydrogen) atoms. The summed E-state index contributed by atoms with van der Waals surface area (Å²) in [4.78, 5) is 13.3. The summed E-state index contributed by atoms with van der Waals surface area (Å²) in [6, 6.07) is -0.534. The first-order valence-corrected chi connectivity index (χ1v) is 3.27. The van der Waals surface area contributed by atoms with Crippen molar-refractivity contribution in [3.63, 3.8) is 0 Å². The predicted molar refractivity (Wildman–Crippen MR) is 38.3 cm³/mol. The maximum Gasteiger partial charge on any atom is 0.325 e. The molecule has 1 heterocycles. The highest BCUT2D eigenvalue weighted by Gasteiger charge is 2.08. The van der Waals surface area contributed by atoms with Crippen molar-refractivity contribution in [1.82, 2.24) is 9.55 Å². The summed E-state index contributed by atoms with van der Waals surface area (Å²) >= 11 is 0. The molecule has 0 aliphatic carbocycles. The highest BCUT2D eigenvalue weighted by Crippen LogP contribution is 1.98. The van der Waals surface area contributed by atoms with Crippen LogP contribution in [0.5, 0.6) is 0 Å². The molecule has 1 aromatic rings. The third-order valence-corrected chi connectivity index (χ3v) is 1.49. The molecule has 0 unspecified atom stereocenters. The van der Waals surface area contributed by atoms with Crippen LogP contribution in [-0.2, 0) is 0 Å². The molecule has 0 saturated carbocycles. The molecular formula is C6H10N2O3. The summed E-state index contributed by atoms with van der Waals surface area (Å²) in [5.41, 5.74) is -0.321. The number of aromatic amines is 1. The first kappa shape index (κ1) is 8.03. The number of rotatable bonds is 3. The number of aliphatic hydroxyl groups excluding tert-OH is 2. The van der Waals surface area contributed by atoms with Gasteiger partial charge in [0.15, 0.2) is 0 Å². The summed E-state index contributed by atoms with van der Waals surface area (Å²) in [5.74, 6) is 0. The molecule has 0 spiro atoms. The van der Waals surface area contributed by atoms with Gasteiger partial charge in [0.1, 0.15) is 0 Å². The predicted octanol–water partition coefficient (Wildman–Crippen LogP) is -1.30. The average Bonchev–Trinajstić information content (AvgIpc) is 2.40. The van der Waals surface area contributed by atoms with E-state index >= 15 is 0 Å². The monoisotopic (exact) mass is 158 g/mol. The van der Waals surface area contributed by atoms with Gasteiger partial charge < -0.3 is 15.2 Å². The summed E-state index contributed by atoms with van der Waals surface area (Å²) in [6.45, 7) is -0.484. The van der Waals surface area contributed by atoms with E-state index in [1.807, 2.05) is 0 Å².